The maximum absolute atomic E-state index is 12.4. The number of likely N-dealkylation sites (tertiary alicyclic amines) is 1. The van der Waals surface area contributed by atoms with Crippen LogP contribution in [0.3, 0.4) is 0 Å². The van der Waals surface area contributed by atoms with Gasteiger partial charge in [-0.2, -0.15) is 5.10 Å². The van der Waals surface area contributed by atoms with Crippen molar-refractivity contribution in [2.45, 2.75) is 44.2 Å². The van der Waals surface area contributed by atoms with Crippen LogP contribution in [-0.2, 0) is 17.3 Å². The standard InChI is InChI=1S/C18H25N3OS/c1-15-13-16(2)21(19-15)14-17-7-6-10-20(17)11-12-23(22)18-8-4-3-5-9-18/h3-5,8-9,13,17H,6-7,10-12,14H2,1-2H3/t17-,23+/m0/s1. The maximum Gasteiger partial charge on any atom is 0.0596 e. The van der Waals surface area contributed by atoms with Gasteiger partial charge in [-0.15, -0.1) is 0 Å². The molecule has 0 saturated carbocycles. The van der Waals surface area contributed by atoms with Gasteiger partial charge in [-0.3, -0.25) is 13.8 Å². The number of rotatable bonds is 6. The van der Waals surface area contributed by atoms with Crippen molar-refractivity contribution in [1.82, 2.24) is 14.7 Å². The second-order valence-corrected chi connectivity index (χ2v) is 7.87. The Morgan fingerprint density at radius 1 is 1.26 bits per heavy atom. The van der Waals surface area contributed by atoms with Crippen molar-refractivity contribution in [2.24, 2.45) is 0 Å². The summed E-state index contributed by atoms with van der Waals surface area (Å²) in [6.45, 7) is 7.10. The van der Waals surface area contributed by atoms with Crippen LogP contribution in [0.2, 0.25) is 0 Å². The molecule has 1 fully saturated rings. The third kappa shape index (κ3) is 4.09. The molecule has 0 amide bonds. The number of hydrogen-bond acceptors (Lipinski definition) is 3. The molecule has 1 saturated heterocycles. The van der Waals surface area contributed by atoms with Gasteiger partial charge in [-0.05, 0) is 51.4 Å². The van der Waals surface area contributed by atoms with Gasteiger partial charge in [0.25, 0.3) is 0 Å². The molecule has 3 rings (SSSR count). The van der Waals surface area contributed by atoms with E-state index < -0.39 is 10.8 Å². The summed E-state index contributed by atoms with van der Waals surface area (Å²) in [6, 6.07) is 12.4. The zero-order chi connectivity index (χ0) is 16.2. The third-order valence-corrected chi connectivity index (χ3v) is 5.91. The first-order chi connectivity index (χ1) is 11.1. The Labute approximate surface area is 141 Å². The Bertz CT molecular complexity index is 668. The molecule has 4 nitrogen and oxygen atoms in total. The van der Waals surface area contributed by atoms with Crippen LogP contribution >= 0.6 is 0 Å². The van der Waals surface area contributed by atoms with Gasteiger partial charge < -0.3 is 0 Å². The van der Waals surface area contributed by atoms with E-state index in [1.165, 1.54) is 18.5 Å². The van der Waals surface area contributed by atoms with Crippen LogP contribution in [-0.4, -0.2) is 43.8 Å². The Balaban J connectivity index is 1.57. The number of hydrogen-bond donors (Lipinski definition) is 0. The van der Waals surface area contributed by atoms with Gasteiger partial charge in [0.2, 0.25) is 0 Å². The summed E-state index contributed by atoms with van der Waals surface area (Å²) in [5.74, 6) is 0.706. The molecule has 1 aliphatic heterocycles. The number of benzene rings is 1. The van der Waals surface area contributed by atoms with Crippen LogP contribution in [0.5, 0.6) is 0 Å². The van der Waals surface area contributed by atoms with E-state index in [2.05, 4.69) is 27.7 Å². The molecule has 0 spiro atoms. The molecule has 5 heteroatoms. The average Bonchev–Trinajstić information content (AvgIpc) is 3.12. The zero-order valence-corrected chi connectivity index (χ0v) is 14.8. The molecule has 1 aromatic carbocycles. The summed E-state index contributed by atoms with van der Waals surface area (Å²) in [5.41, 5.74) is 2.31. The van der Waals surface area contributed by atoms with Gasteiger partial charge in [-0.1, -0.05) is 18.2 Å². The first-order valence-corrected chi connectivity index (χ1v) is 9.64. The zero-order valence-electron chi connectivity index (χ0n) is 13.9. The van der Waals surface area contributed by atoms with E-state index in [9.17, 15) is 4.21 Å². The molecule has 0 unspecified atom stereocenters. The van der Waals surface area contributed by atoms with Crippen LogP contribution in [0.4, 0.5) is 0 Å². The highest BCUT2D eigenvalue weighted by molar-refractivity contribution is 7.85. The van der Waals surface area contributed by atoms with E-state index in [1.807, 2.05) is 37.3 Å². The molecule has 2 heterocycles. The van der Waals surface area contributed by atoms with Gasteiger partial charge in [-0.25, -0.2) is 0 Å². The van der Waals surface area contributed by atoms with Gasteiger partial charge >= 0.3 is 0 Å². The SMILES string of the molecule is Cc1cc(C)n(C[C@@H]2CCCN2CC[S@@](=O)c2ccccc2)n1. The normalized spacial score (nSPS) is 20.0. The van der Waals surface area contributed by atoms with Gasteiger partial charge in [0, 0.05) is 28.9 Å². The van der Waals surface area contributed by atoms with Crippen LogP contribution in [0.25, 0.3) is 0 Å². The quantitative estimate of drug-likeness (QED) is 0.817. The maximum atomic E-state index is 12.4. The minimum Gasteiger partial charge on any atom is -0.298 e. The largest absolute Gasteiger partial charge is 0.298 e. The Hall–Kier alpha value is -1.46. The minimum absolute atomic E-state index is 0.515. The van der Waals surface area contributed by atoms with Crippen molar-refractivity contribution >= 4 is 10.8 Å². The van der Waals surface area contributed by atoms with Crippen molar-refractivity contribution in [3.8, 4) is 0 Å². The van der Waals surface area contributed by atoms with Crippen molar-refractivity contribution in [3.63, 3.8) is 0 Å². The lowest BCUT2D eigenvalue weighted by molar-refractivity contribution is 0.238. The first kappa shape index (κ1) is 16.4. The van der Waals surface area contributed by atoms with Crippen LogP contribution in [0.1, 0.15) is 24.2 Å². The highest BCUT2D eigenvalue weighted by atomic mass is 32.2. The highest BCUT2D eigenvalue weighted by Crippen LogP contribution is 2.20. The van der Waals surface area contributed by atoms with E-state index in [-0.39, 0.29) is 0 Å². The lowest BCUT2D eigenvalue weighted by Gasteiger charge is -2.24. The van der Waals surface area contributed by atoms with Crippen molar-refractivity contribution < 1.29 is 4.21 Å². The van der Waals surface area contributed by atoms with E-state index in [1.54, 1.807) is 0 Å². The van der Waals surface area contributed by atoms with Crippen molar-refractivity contribution in [3.05, 3.63) is 47.8 Å². The highest BCUT2D eigenvalue weighted by Gasteiger charge is 2.25. The van der Waals surface area contributed by atoms with Crippen LogP contribution in [0, 0.1) is 13.8 Å². The summed E-state index contributed by atoms with van der Waals surface area (Å²) in [6.07, 6.45) is 2.43. The molecular formula is C18H25N3OS. The number of aromatic nitrogens is 2. The third-order valence-electron chi connectivity index (χ3n) is 4.56. The van der Waals surface area contributed by atoms with Gasteiger partial charge in [0.05, 0.1) is 23.0 Å². The predicted octanol–water partition coefficient (Wildman–Crippen LogP) is 2.77. The Morgan fingerprint density at radius 3 is 2.74 bits per heavy atom. The van der Waals surface area contributed by atoms with Gasteiger partial charge in [0.1, 0.15) is 0 Å². The summed E-state index contributed by atoms with van der Waals surface area (Å²) < 4.78 is 14.5. The smallest absolute Gasteiger partial charge is 0.0596 e. The molecule has 2 atom stereocenters. The van der Waals surface area contributed by atoms with E-state index in [4.69, 9.17) is 0 Å². The Kier molecular flexibility index (Phi) is 5.28. The monoisotopic (exact) mass is 331 g/mol. The molecule has 1 aliphatic rings. The fourth-order valence-electron chi connectivity index (χ4n) is 3.35. The molecule has 124 valence electrons. The summed E-state index contributed by atoms with van der Waals surface area (Å²) in [7, 11) is -0.905. The minimum atomic E-state index is -0.905. The second kappa shape index (κ2) is 7.41. The molecule has 0 N–H and O–H groups in total. The molecule has 0 aliphatic carbocycles. The number of aryl methyl sites for hydroxylation is 2. The fourth-order valence-corrected chi connectivity index (χ4v) is 4.44. The van der Waals surface area contributed by atoms with Gasteiger partial charge in [0.15, 0.2) is 0 Å². The first-order valence-electron chi connectivity index (χ1n) is 8.32. The summed E-state index contributed by atoms with van der Waals surface area (Å²) in [4.78, 5) is 3.42. The fraction of sp³-hybridized carbons (Fsp3) is 0.500. The molecule has 0 radical (unpaired) electrons. The number of nitrogens with zero attached hydrogens (tertiary/aromatic N) is 3. The topological polar surface area (TPSA) is 38.1 Å². The van der Waals surface area contributed by atoms with E-state index in [0.717, 1.165) is 30.2 Å². The van der Waals surface area contributed by atoms with Crippen molar-refractivity contribution in [2.75, 3.05) is 18.8 Å². The average molecular weight is 331 g/mol. The second-order valence-electron chi connectivity index (χ2n) is 6.30. The molecular weight excluding hydrogens is 306 g/mol. The summed E-state index contributed by atoms with van der Waals surface area (Å²) >= 11 is 0. The predicted molar refractivity (Wildman–Crippen MR) is 94.0 cm³/mol. The summed E-state index contributed by atoms with van der Waals surface area (Å²) in [5, 5.41) is 4.58. The Morgan fingerprint density at radius 2 is 2.04 bits per heavy atom. The molecule has 23 heavy (non-hydrogen) atoms. The lowest BCUT2D eigenvalue weighted by Crippen LogP contribution is -2.36. The van der Waals surface area contributed by atoms with Crippen LogP contribution in [0.15, 0.2) is 41.3 Å². The molecule has 0 bridgehead atoms. The molecule has 2 aromatic rings. The van der Waals surface area contributed by atoms with E-state index >= 15 is 0 Å². The molecule has 1 aromatic heterocycles. The lowest BCUT2D eigenvalue weighted by atomic mass is 10.2. The van der Waals surface area contributed by atoms with E-state index in [0.29, 0.717) is 11.8 Å². The van der Waals surface area contributed by atoms with Crippen molar-refractivity contribution in [1.29, 1.82) is 0 Å². The van der Waals surface area contributed by atoms with Crippen LogP contribution < -0.4 is 0 Å².